The summed E-state index contributed by atoms with van der Waals surface area (Å²) in [6.07, 6.45) is 4.87. The third kappa shape index (κ3) is 8.32. The molecule has 17 heavy (non-hydrogen) atoms. The van der Waals surface area contributed by atoms with Crippen LogP contribution in [0, 0.1) is 17.2 Å². The van der Waals surface area contributed by atoms with Crippen molar-refractivity contribution in [3.05, 3.63) is 11.8 Å². The van der Waals surface area contributed by atoms with Gasteiger partial charge in [-0.25, -0.2) is 0 Å². The Morgan fingerprint density at radius 2 is 2.12 bits per heavy atom. The molecule has 96 valence electrons. The van der Waals surface area contributed by atoms with Crippen LogP contribution in [0.15, 0.2) is 11.8 Å². The molecule has 0 aliphatic carbocycles. The molecule has 0 aromatic heterocycles. The van der Waals surface area contributed by atoms with E-state index in [1.807, 2.05) is 19.9 Å². The Morgan fingerprint density at radius 1 is 1.41 bits per heavy atom. The molecule has 4 heteroatoms. The Hall–Kier alpha value is -1.50. The van der Waals surface area contributed by atoms with Crippen molar-refractivity contribution in [1.29, 1.82) is 5.26 Å². The van der Waals surface area contributed by atoms with Crippen LogP contribution in [0.4, 0.5) is 0 Å². The molecule has 2 N–H and O–H groups in total. The molecule has 0 atom stereocenters. The van der Waals surface area contributed by atoms with Gasteiger partial charge >= 0.3 is 0 Å². The van der Waals surface area contributed by atoms with Gasteiger partial charge in [0.1, 0.15) is 11.6 Å². The van der Waals surface area contributed by atoms with Crippen LogP contribution in [0.1, 0.15) is 40.0 Å². The lowest BCUT2D eigenvalue weighted by Crippen LogP contribution is -2.29. The van der Waals surface area contributed by atoms with Crippen molar-refractivity contribution >= 4 is 5.91 Å². The highest BCUT2D eigenvalue weighted by Crippen LogP contribution is 1.95. The van der Waals surface area contributed by atoms with Crippen LogP contribution in [0.3, 0.4) is 0 Å². The minimum atomic E-state index is -0.302. The van der Waals surface area contributed by atoms with E-state index < -0.39 is 0 Å². The molecule has 0 spiro atoms. The Kier molecular flexibility index (Phi) is 8.85. The number of hydrogen-bond acceptors (Lipinski definition) is 3. The van der Waals surface area contributed by atoms with E-state index in [0.717, 1.165) is 25.8 Å². The largest absolute Gasteiger partial charge is 0.390 e. The zero-order chi connectivity index (χ0) is 13.1. The molecule has 4 nitrogen and oxygen atoms in total. The minimum absolute atomic E-state index is 0.141. The fraction of sp³-hybridized carbons (Fsp3) is 0.692. The maximum atomic E-state index is 11.6. The highest BCUT2D eigenvalue weighted by atomic mass is 16.1. The SMILES string of the molecule is CCCCCN/C=C(/C#N)C(=O)NCC(C)C. The van der Waals surface area contributed by atoms with E-state index in [1.165, 1.54) is 6.20 Å². The van der Waals surface area contributed by atoms with Crippen molar-refractivity contribution in [3.8, 4) is 6.07 Å². The quantitative estimate of drug-likeness (QED) is 0.385. The Labute approximate surface area is 104 Å². The second-order valence-corrected chi connectivity index (χ2v) is 4.43. The predicted molar refractivity (Wildman–Crippen MR) is 69.1 cm³/mol. The van der Waals surface area contributed by atoms with Gasteiger partial charge < -0.3 is 10.6 Å². The summed E-state index contributed by atoms with van der Waals surface area (Å²) in [5.41, 5.74) is 0.141. The molecule has 0 heterocycles. The summed E-state index contributed by atoms with van der Waals surface area (Å²) in [6, 6.07) is 1.90. The molecule has 0 saturated carbocycles. The summed E-state index contributed by atoms with van der Waals surface area (Å²) in [4.78, 5) is 11.6. The second-order valence-electron chi connectivity index (χ2n) is 4.43. The highest BCUT2D eigenvalue weighted by molar-refractivity contribution is 5.97. The fourth-order valence-corrected chi connectivity index (χ4v) is 1.19. The maximum absolute atomic E-state index is 11.6. The molecule has 1 amide bonds. The summed E-state index contributed by atoms with van der Waals surface area (Å²) < 4.78 is 0. The zero-order valence-electron chi connectivity index (χ0n) is 11.0. The van der Waals surface area contributed by atoms with Gasteiger partial charge in [0, 0.05) is 19.3 Å². The third-order valence-corrected chi connectivity index (χ3v) is 2.21. The van der Waals surface area contributed by atoms with E-state index in [-0.39, 0.29) is 11.5 Å². The highest BCUT2D eigenvalue weighted by Gasteiger charge is 2.08. The van der Waals surface area contributed by atoms with E-state index in [4.69, 9.17) is 5.26 Å². The van der Waals surface area contributed by atoms with E-state index >= 15 is 0 Å². The molecule has 0 fully saturated rings. The minimum Gasteiger partial charge on any atom is -0.390 e. The monoisotopic (exact) mass is 237 g/mol. The van der Waals surface area contributed by atoms with Crippen LogP contribution in [-0.4, -0.2) is 19.0 Å². The summed E-state index contributed by atoms with van der Waals surface area (Å²) in [6.45, 7) is 7.55. The molecular formula is C13H23N3O. The number of nitrogens with one attached hydrogen (secondary N) is 2. The van der Waals surface area contributed by atoms with Crippen molar-refractivity contribution in [3.63, 3.8) is 0 Å². The number of amides is 1. The lowest BCUT2D eigenvalue weighted by Gasteiger charge is -2.07. The molecule has 0 aliphatic rings. The fourth-order valence-electron chi connectivity index (χ4n) is 1.19. The molecule has 0 unspecified atom stereocenters. The molecule has 0 aliphatic heterocycles. The number of nitriles is 1. The van der Waals surface area contributed by atoms with Gasteiger partial charge in [0.25, 0.3) is 5.91 Å². The van der Waals surface area contributed by atoms with E-state index in [0.29, 0.717) is 12.5 Å². The first-order valence-electron chi connectivity index (χ1n) is 6.23. The summed E-state index contributed by atoms with van der Waals surface area (Å²) in [5, 5.41) is 14.6. The molecule has 0 saturated heterocycles. The Bertz CT molecular complexity index is 290. The van der Waals surface area contributed by atoms with Crippen molar-refractivity contribution < 1.29 is 4.79 Å². The topological polar surface area (TPSA) is 64.9 Å². The van der Waals surface area contributed by atoms with Crippen LogP contribution in [0.5, 0.6) is 0 Å². The predicted octanol–water partition coefficient (Wildman–Crippen LogP) is 1.95. The van der Waals surface area contributed by atoms with Crippen LogP contribution in [0.2, 0.25) is 0 Å². The summed E-state index contributed by atoms with van der Waals surface area (Å²) >= 11 is 0. The number of unbranched alkanes of at least 4 members (excludes halogenated alkanes) is 2. The van der Waals surface area contributed by atoms with Crippen LogP contribution in [0.25, 0.3) is 0 Å². The molecule has 0 aromatic carbocycles. The summed E-state index contributed by atoms with van der Waals surface area (Å²) in [7, 11) is 0. The van der Waals surface area contributed by atoms with Gasteiger partial charge in [0.05, 0.1) is 0 Å². The van der Waals surface area contributed by atoms with Crippen molar-refractivity contribution in [2.45, 2.75) is 40.0 Å². The molecule has 0 bridgehead atoms. The first-order chi connectivity index (χ1) is 8.11. The Balaban J connectivity index is 4.00. The van der Waals surface area contributed by atoms with Gasteiger partial charge in [-0.05, 0) is 12.3 Å². The van der Waals surface area contributed by atoms with Crippen LogP contribution in [-0.2, 0) is 4.79 Å². The number of carbonyl (C=O) groups excluding carboxylic acids is 1. The lowest BCUT2D eigenvalue weighted by molar-refractivity contribution is -0.117. The zero-order valence-corrected chi connectivity index (χ0v) is 11.0. The average molecular weight is 237 g/mol. The lowest BCUT2D eigenvalue weighted by atomic mass is 10.2. The standard InChI is InChI=1S/C13H23N3O/c1-4-5-6-7-15-10-12(8-14)13(17)16-9-11(2)3/h10-11,15H,4-7,9H2,1-3H3,(H,16,17)/b12-10-. The van der Waals surface area contributed by atoms with Gasteiger partial charge in [-0.2, -0.15) is 5.26 Å². The van der Waals surface area contributed by atoms with Gasteiger partial charge in [0.2, 0.25) is 0 Å². The molecule has 0 radical (unpaired) electrons. The van der Waals surface area contributed by atoms with E-state index in [2.05, 4.69) is 17.6 Å². The van der Waals surface area contributed by atoms with Crippen LogP contribution >= 0.6 is 0 Å². The van der Waals surface area contributed by atoms with Gasteiger partial charge in [-0.15, -0.1) is 0 Å². The number of carbonyl (C=O) groups is 1. The normalized spacial score (nSPS) is 11.1. The first-order valence-corrected chi connectivity index (χ1v) is 6.23. The van der Waals surface area contributed by atoms with Crippen molar-refractivity contribution in [2.24, 2.45) is 5.92 Å². The van der Waals surface area contributed by atoms with E-state index in [1.54, 1.807) is 0 Å². The Morgan fingerprint density at radius 3 is 2.65 bits per heavy atom. The van der Waals surface area contributed by atoms with Crippen molar-refractivity contribution in [2.75, 3.05) is 13.1 Å². The number of nitrogens with zero attached hydrogens (tertiary/aromatic N) is 1. The molecule has 0 rings (SSSR count). The van der Waals surface area contributed by atoms with Crippen LogP contribution < -0.4 is 10.6 Å². The average Bonchev–Trinajstić information content (AvgIpc) is 2.31. The third-order valence-electron chi connectivity index (χ3n) is 2.21. The van der Waals surface area contributed by atoms with Crippen molar-refractivity contribution in [1.82, 2.24) is 10.6 Å². The molecule has 0 aromatic rings. The van der Waals surface area contributed by atoms with Gasteiger partial charge in [-0.3, -0.25) is 4.79 Å². The van der Waals surface area contributed by atoms with E-state index in [9.17, 15) is 4.79 Å². The number of rotatable bonds is 8. The molecular weight excluding hydrogens is 214 g/mol. The summed E-state index contributed by atoms with van der Waals surface area (Å²) in [5.74, 6) is 0.0839. The first kappa shape index (κ1) is 15.5. The smallest absolute Gasteiger partial charge is 0.263 e. The second kappa shape index (κ2) is 9.71. The maximum Gasteiger partial charge on any atom is 0.263 e. The van der Waals surface area contributed by atoms with Gasteiger partial charge in [-0.1, -0.05) is 33.6 Å². The van der Waals surface area contributed by atoms with Gasteiger partial charge in [0.15, 0.2) is 0 Å². The number of hydrogen-bond donors (Lipinski definition) is 2.